The van der Waals surface area contributed by atoms with Crippen LogP contribution >= 0.6 is 0 Å². The molecule has 0 radical (unpaired) electrons. The Bertz CT molecular complexity index is 1310. The highest BCUT2D eigenvalue weighted by Crippen LogP contribution is 2.28. The van der Waals surface area contributed by atoms with Crippen molar-refractivity contribution in [3.63, 3.8) is 0 Å². The summed E-state index contributed by atoms with van der Waals surface area (Å²) in [5.41, 5.74) is 2.51. The monoisotopic (exact) mass is 472 g/mol. The zero-order valence-corrected chi connectivity index (χ0v) is 19.1. The number of hydrogen-bond acceptors (Lipinski definition) is 8. The molecule has 174 valence electrons. The molecule has 1 fully saturated rings. The third kappa shape index (κ3) is 5.38. The van der Waals surface area contributed by atoms with Crippen LogP contribution in [0, 0.1) is 11.8 Å². The number of alkyl halides is 1. The molecule has 4 rings (SSSR count). The zero-order valence-electron chi connectivity index (χ0n) is 18.3. The van der Waals surface area contributed by atoms with Gasteiger partial charge in [0.25, 0.3) is 5.89 Å². The minimum Gasteiger partial charge on any atom is -0.495 e. The lowest BCUT2D eigenvalue weighted by atomic mass is 10.0. The Labute approximate surface area is 191 Å². The van der Waals surface area contributed by atoms with E-state index in [1.807, 2.05) is 12.1 Å². The largest absolute Gasteiger partial charge is 0.495 e. The molecule has 8 nitrogen and oxygen atoms in total. The fourth-order valence-corrected chi connectivity index (χ4v) is 4.25. The molecule has 0 unspecified atom stereocenters. The smallest absolute Gasteiger partial charge is 0.274 e. The first-order chi connectivity index (χ1) is 15.8. The molecule has 0 saturated carbocycles. The number of ether oxygens (including phenoxy) is 1. The molecule has 0 bridgehead atoms. The van der Waals surface area contributed by atoms with E-state index < -0.39 is 16.0 Å². The number of fused-ring (bicyclic) bond motifs is 1. The first-order valence-corrected chi connectivity index (χ1v) is 12.4. The number of anilines is 2. The van der Waals surface area contributed by atoms with Crippen molar-refractivity contribution in [2.45, 2.75) is 23.5 Å². The second-order valence-corrected chi connectivity index (χ2v) is 9.74. The molecule has 33 heavy (non-hydrogen) atoms. The number of benzene rings is 2. The summed E-state index contributed by atoms with van der Waals surface area (Å²) in [7, 11) is -1.86. The van der Waals surface area contributed by atoms with Crippen LogP contribution in [0.25, 0.3) is 11.1 Å². The third-order valence-electron chi connectivity index (χ3n) is 5.33. The second-order valence-electron chi connectivity index (χ2n) is 7.72. The standard InChI is InChI=1S/C23H25FN4O4S/c1-31-21-13-15(33(2,29)30)8-9-18(21)26-11-4-7-22-28-23-19(5-3-6-20(23)32-22)27-17-10-12-25-14-16(17)24/h3,5-6,8-9,13,16-17,25-27H,10-12,14H2,1-2H3/t16-,17+/m0/s1. The fraction of sp³-hybridized carbons (Fsp3) is 0.348. The van der Waals surface area contributed by atoms with Crippen LogP contribution in [0.5, 0.6) is 5.75 Å². The second kappa shape index (κ2) is 9.68. The summed E-state index contributed by atoms with van der Waals surface area (Å²) in [5.74, 6) is 6.47. The van der Waals surface area contributed by atoms with Gasteiger partial charge in [-0.1, -0.05) is 12.0 Å². The van der Waals surface area contributed by atoms with E-state index in [0.29, 0.717) is 41.2 Å². The molecule has 1 aliphatic heterocycles. The van der Waals surface area contributed by atoms with Crippen LogP contribution in [0.15, 0.2) is 45.7 Å². The third-order valence-corrected chi connectivity index (χ3v) is 6.44. The molecule has 3 aromatic rings. The van der Waals surface area contributed by atoms with Gasteiger partial charge in [0.15, 0.2) is 15.4 Å². The van der Waals surface area contributed by atoms with Crippen LogP contribution in [-0.2, 0) is 9.84 Å². The minimum absolute atomic E-state index is 0.176. The van der Waals surface area contributed by atoms with Crippen LogP contribution in [-0.4, -0.2) is 58.6 Å². The van der Waals surface area contributed by atoms with Crippen molar-refractivity contribution in [3.8, 4) is 17.6 Å². The van der Waals surface area contributed by atoms with E-state index in [-0.39, 0.29) is 23.4 Å². The van der Waals surface area contributed by atoms with Crippen molar-refractivity contribution in [2.75, 3.05) is 43.6 Å². The van der Waals surface area contributed by atoms with Crippen LogP contribution in [0.1, 0.15) is 12.3 Å². The normalized spacial score (nSPS) is 18.4. The highest BCUT2D eigenvalue weighted by molar-refractivity contribution is 7.90. The number of nitrogens with zero attached hydrogens (tertiary/aromatic N) is 1. The number of halogens is 1. The van der Waals surface area contributed by atoms with Crippen LogP contribution in [0.2, 0.25) is 0 Å². The number of piperidine rings is 1. The Balaban J connectivity index is 1.46. The molecule has 2 atom stereocenters. The van der Waals surface area contributed by atoms with Gasteiger partial charge in [0, 0.05) is 18.9 Å². The Hall–Kier alpha value is -3.29. The van der Waals surface area contributed by atoms with E-state index in [1.165, 1.54) is 19.2 Å². The SMILES string of the molecule is COc1cc(S(C)(=O)=O)ccc1NCC#Cc1nc2c(N[C@@H]3CCNC[C@@H]3F)cccc2o1. The van der Waals surface area contributed by atoms with Crippen molar-refractivity contribution in [3.05, 3.63) is 42.3 Å². The molecule has 0 spiro atoms. The van der Waals surface area contributed by atoms with Gasteiger partial charge < -0.3 is 25.1 Å². The van der Waals surface area contributed by atoms with E-state index in [4.69, 9.17) is 9.15 Å². The van der Waals surface area contributed by atoms with Gasteiger partial charge >= 0.3 is 0 Å². The highest BCUT2D eigenvalue weighted by atomic mass is 32.2. The topological polar surface area (TPSA) is 105 Å². The van der Waals surface area contributed by atoms with Crippen LogP contribution < -0.4 is 20.7 Å². The fourth-order valence-electron chi connectivity index (χ4n) is 3.61. The first kappa shape index (κ1) is 22.9. The van der Waals surface area contributed by atoms with Crippen molar-refractivity contribution in [1.82, 2.24) is 10.3 Å². The van der Waals surface area contributed by atoms with E-state index in [0.717, 1.165) is 12.8 Å². The van der Waals surface area contributed by atoms with Gasteiger partial charge in [-0.15, -0.1) is 0 Å². The first-order valence-electron chi connectivity index (χ1n) is 10.5. The molecular formula is C23H25FN4O4S. The molecular weight excluding hydrogens is 447 g/mol. The summed E-state index contributed by atoms with van der Waals surface area (Å²) in [6.45, 7) is 1.35. The molecule has 2 heterocycles. The van der Waals surface area contributed by atoms with E-state index in [1.54, 1.807) is 12.1 Å². The molecule has 0 amide bonds. The number of aromatic nitrogens is 1. The summed E-state index contributed by atoms with van der Waals surface area (Å²) in [6.07, 6.45) is 0.849. The van der Waals surface area contributed by atoms with E-state index in [9.17, 15) is 12.8 Å². The van der Waals surface area contributed by atoms with Crippen molar-refractivity contribution >= 4 is 32.3 Å². The van der Waals surface area contributed by atoms with E-state index >= 15 is 0 Å². The number of hydrogen-bond donors (Lipinski definition) is 3. The van der Waals surface area contributed by atoms with E-state index in [2.05, 4.69) is 32.8 Å². The number of nitrogens with one attached hydrogen (secondary N) is 3. The van der Waals surface area contributed by atoms with Crippen LogP contribution in [0.4, 0.5) is 15.8 Å². The van der Waals surface area contributed by atoms with Gasteiger partial charge in [-0.2, -0.15) is 4.98 Å². The lowest BCUT2D eigenvalue weighted by Crippen LogP contribution is -2.45. The number of oxazole rings is 1. The lowest BCUT2D eigenvalue weighted by molar-refractivity contribution is 0.245. The summed E-state index contributed by atoms with van der Waals surface area (Å²) in [6, 6.07) is 9.79. The Morgan fingerprint density at radius 2 is 2.15 bits per heavy atom. The number of para-hydroxylation sites is 1. The average molecular weight is 473 g/mol. The number of sulfone groups is 1. The van der Waals surface area contributed by atoms with Gasteiger partial charge in [-0.3, -0.25) is 0 Å². The summed E-state index contributed by atoms with van der Waals surface area (Å²) < 4.78 is 48.6. The summed E-state index contributed by atoms with van der Waals surface area (Å²) in [4.78, 5) is 4.64. The average Bonchev–Trinajstić information content (AvgIpc) is 3.21. The molecule has 1 saturated heterocycles. The number of methoxy groups -OCH3 is 1. The maximum Gasteiger partial charge on any atom is 0.274 e. The molecule has 1 aromatic heterocycles. The summed E-state index contributed by atoms with van der Waals surface area (Å²) >= 11 is 0. The molecule has 3 N–H and O–H groups in total. The predicted molar refractivity (Wildman–Crippen MR) is 125 cm³/mol. The summed E-state index contributed by atoms with van der Waals surface area (Å²) in [5, 5.41) is 9.38. The van der Waals surface area contributed by atoms with Gasteiger partial charge in [-0.05, 0) is 43.2 Å². The minimum atomic E-state index is -3.33. The van der Waals surface area contributed by atoms with Crippen molar-refractivity contribution in [1.29, 1.82) is 0 Å². The lowest BCUT2D eigenvalue weighted by Gasteiger charge is -2.28. The Morgan fingerprint density at radius 1 is 1.30 bits per heavy atom. The van der Waals surface area contributed by atoms with Crippen LogP contribution in [0.3, 0.4) is 0 Å². The highest BCUT2D eigenvalue weighted by Gasteiger charge is 2.25. The Morgan fingerprint density at radius 3 is 2.91 bits per heavy atom. The van der Waals surface area contributed by atoms with Gasteiger partial charge in [0.05, 0.1) is 36.0 Å². The van der Waals surface area contributed by atoms with Crippen molar-refractivity contribution in [2.24, 2.45) is 0 Å². The molecule has 0 aliphatic carbocycles. The Kier molecular flexibility index (Phi) is 6.72. The predicted octanol–water partition coefficient (Wildman–Crippen LogP) is 2.82. The molecule has 1 aliphatic rings. The zero-order chi connectivity index (χ0) is 23.4. The van der Waals surface area contributed by atoms with Crippen molar-refractivity contribution < 1.29 is 22.0 Å². The maximum absolute atomic E-state index is 14.2. The maximum atomic E-state index is 14.2. The van der Waals surface area contributed by atoms with Gasteiger partial charge in [0.1, 0.15) is 17.4 Å². The van der Waals surface area contributed by atoms with Gasteiger partial charge in [0.2, 0.25) is 0 Å². The number of rotatable bonds is 6. The molecule has 2 aromatic carbocycles. The molecule has 10 heteroatoms. The van der Waals surface area contributed by atoms with Gasteiger partial charge in [-0.25, -0.2) is 12.8 Å². The quantitative estimate of drug-likeness (QED) is 0.471.